The molecule has 1 saturated heterocycles. The number of ether oxygens (including phenoxy) is 2. The molecule has 0 radical (unpaired) electrons. The monoisotopic (exact) mass is 408 g/mol. The van der Waals surface area contributed by atoms with Crippen LogP contribution in [-0.4, -0.2) is 33.6 Å². The first-order chi connectivity index (χ1) is 14.5. The van der Waals surface area contributed by atoms with E-state index in [0.717, 1.165) is 30.9 Å². The highest BCUT2D eigenvalue weighted by atomic mass is 16.5. The number of carbonyl (C=O) groups is 1. The molecule has 1 N–H and O–H groups in total. The third-order valence-electron chi connectivity index (χ3n) is 4.42. The molecule has 4 rings (SSSR count). The molecule has 7 heteroatoms. The number of ketones is 1. The molecular formula is C23H28N4O3. The van der Waals surface area contributed by atoms with Crippen molar-refractivity contribution in [3.63, 3.8) is 0 Å². The van der Waals surface area contributed by atoms with Gasteiger partial charge in [0, 0.05) is 24.1 Å². The maximum absolute atomic E-state index is 11.3. The number of nitrogens with zero attached hydrogens (tertiary/aromatic N) is 3. The van der Waals surface area contributed by atoms with E-state index < -0.39 is 0 Å². The summed E-state index contributed by atoms with van der Waals surface area (Å²) >= 11 is 0. The predicted octanol–water partition coefficient (Wildman–Crippen LogP) is 4.64. The van der Waals surface area contributed by atoms with Crippen molar-refractivity contribution < 1.29 is 14.3 Å². The van der Waals surface area contributed by atoms with Crippen LogP contribution in [-0.2, 0) is 16.0 Å². The molecule has 0 saturated carbocycles. The standard InChI is InChI=1S/C21H22N4O3.C2H6/c1-14(8-17-12-27-13-17)22-19-11-25-20(23-19)6-7-21(24-25)28-18-5-3-4-16(10-18)9-15(2)26;1-2/h3-7,10-11,17,22H,1,8-9,12-13H2,2H3;1-2H3. The molecule has 1 aliphatic heterocycles. The molecule has 0 aliphatic carbocycles. The summed E-state index contributed by atoms with van der Waals surface area (Å²) in [5.41, 5.74) is 2.53. The third kappa shape index (κ3) is 5.67. The maximum Gasteiger partial charge on any atom is 0.237 e. The van der Waals surface area contributed by atoms with Gasteiger partial charge in [0.2, 0.25) is 5.88 Å². The molecule has 30 heavy (non-hydrogen) atoms. The second kappa shape index (κ2) is 10.0. The van der Waals surface area contributed by atoms with Crippen LogP contribution in [0.2, 0.25) is 0 Å². The number of carbonyl (C=O) groups excluding carboxylic acids is 1. The minimum Gasteiger partial charge on any atom is -0.438 e. The lowest BCUT2D eigenvalue weighted by molar-refractivity contribution is -0.116. The van der Waals surface area contributed by atoms with Crippen molar-refractivity contribution in [2.75, 3.05) is 18.5 Å². The Morgan fingerprint density at radius 3 is 2.80 bits per heavy atom. The fourth-order valence-corrected chi connectivity index (χ4v) is 3.09. The first kappa shape index (κ1) is 21.5. The zero-order chi connectivity index (χ0) is 21.5. The lowest BCUT2D eigenvalue weighted by Crippen LogP contribution is -2.28. The molecule has 2 aromatic heterocycles. The van der Waals surface area contributed by atoms with Crippen molar-refractivity contribution in [3.05, 3.63) is 60.4 Å². The number of anilines is 1. The average molecular weight is 409 g/mol. The Hall–Kier alpha value is -3.19. The lowest BCUT2D eigenvalue weighted by Gasteiger charge is -2.26. The van der Waals surface area contributed by atoms with E-state index in [-0.39, 0.29) is 5.78 Å². The Bertz CT molecular complexity index is 1020. The highest BCUT2D eigenvalue weighted by Crippen LogP contribution is 2.23. The molecular weight excluding hydrogens is 380 g/mol. The van der Waals surface area contributed by atoms with Crippen molar-refractivity contribution in [1.29, 1.82) is 0 Å². The molecule has 1 fully saturated rings. The Morgan fingerprint density at radius 1 is 1.30 bits per heavy atom. The predicted molar refractivity (Wildman–Crippen MR) is 117 cm³/mol. The molecule has 0 spiro atoms. The zero-order valence-electron chi connectivity index (χ0n) is 17.7. The highest BCUT2D eigenvalue weighted by molar-refractivity contribution is 5.78. The SMILES string of the molecule is C=C(CC1COC1)Nc1cn2nc(Oc3cccc(CC(C)=O)c3)ccc2n1.CC. The van der Waals surface area contributed by atoms with E-state index in [9.17, 15) is 4.79 Å². The number of rotatable bonds is 8. The summed E-state index contributed by atoms with van der Waals surface area (Å²) in [6.07, 6.45) is 3.06. The number of nitrogens with one attached hydrogen (secondary N) is 1. The smallest absolute Gasteiger partial charge is 0.237 e. The van der Waals surface area contributed by atoms with E-state index in [4.69, 9.17) is 9.47 Å². The molecule has 0 amide bonds. The van der Waals surface area contributed by atoms with Crippen molar-refractivity contribution in [2.45, 2.75) is 33.6 Å². The molecule has 7 nitrogen and oxygen atoms in total. The van der Waals surface area contributed by atoms with Gasteiger partial charge in [0.1, 0.15) is 11.5 Å². The highest BCUT2D eigenvalue weighted by Gasteiger charge is 2.19. The van der Waals surface area contributed by atoms with Gasteiger partial charge in [0.15, 0.2) is 11.5 Å². The summed E-state index contributed by atoms with van der Waals surface area (Å²) in [6, 6.07) is 11.1. The largest absolute Gasteiger partial charge is 0.438 e. The summed E-state index contributed by atoms with van der Waals surface area (Å²) in [7, 11) is 0. The van der Waals surface area contributed by atoms with E-state index in [1.54, 1.807) is 23.7 Å². The minimum absolute atomic E-state index is 0.113. The van der Waals surface area contributed by atoms with Gasteiger partial charge >= 0.3 is 0 Å². The van der Waals surface area contributed by atoms with E-state index in [1.165, 1.54) is 0 Å². The van der Waals surface area contributed by atoms with Crippen LogP contribution in [0.3, 0.4) is 0 Å². The number of hydrogen-bond donors (Lipinski definition) is 1. The molecule has 0 atom stereocenters. The van der Waals surface area contributed by atoms with Crippen LogP contribution in [0.1, 0.15) is 32.8 Å². The van der Waals surface area contributed by atoms with Gasteiger partial charge in [0.25, 0.3) is 0 Å². The number of hydrogen-bond acceptors (Lipinski definition) is 6. The molecule has 3 heterocycles. The van der Waals surface area contributed by atoms with E-state index in [1.807, 2.05) is 44.2 Å². The Balaban J connectivity index is 0.00000124. The Labute approximate surface area is 176 Å². The van der Waals surface area contributed by atoms with Crippen LogP contribution < -0.4 is 10.1 Å². The van der Waals surface area contributed by atoms with Gasteiger partial charge in [-0.2, -0.15) is 0 Å². The summed E-state index contributed by atoms with van der Waals surface area (Å²) in [5.74, 6) is 2.43. The van der Waals surface area contributed by atoms with Gasteiger partial charge in [-0.15, -0.1) is 5.10 Å². The summed E-state index contributed by atoms with van der Waals surface area (Å²) in [6.45, 7) is 11.2. The Morgan fingerprint density at radius 2 is 2.10 bits per heavy atom. The van der Waals surface area contributed by atoms with Gasteiger partial charge < -0.3 is 14.8 Å². The van der Waals surface area contributed by atoms with E-state index in [2.05, 4.69) is 22.0 Å². The van der Waals surface area contributed by atoms with Gasteiger partial charge in [-0.1, -0.05) is 32.6 Å². The summed E-state index contributed by atoms with van der Waals surface area (Å²) < 4.78 is 12.7. The van der Waals surface area contributed by atoms with Crippen molar-refractivity contribution >= 4 is 17.2 Å². The van der Waals surface area contributed by atoms with Gasteiger partial charge in [0.05, 0.1) is 19.4 Å². The number of imidazole rings is 1. The minimum atomic E-state index is 0.113. The molecule has 1 aliphatic rings. The van der Waals surface area contributed by atoms with Gasteiger partial charge in [-0.05, 0) is 37.1 Å². The van der Waals surface area contributed by atoms with E-state index >= 15 is 0 Å². The molecule has 0 unspecified atom stereocenters. The molecule has 1 aromatic carbocycles. The number of fused-ring (bicyclic) bond motifs is 1. The Kier molecular flexibility index (Phi) is 7.19. The van der Waals surface area contributed by atoms with Crippen LogP contribution in [0, 0.1) is 5.92 Å². The lowest BCUT2D eigenvalue weighted by atomic mass is 10.0. The maximum atomic E-state index is 11.3. The topological polar surface area (TPSA) is 77.8 Å². The van der Waals surface area contributed by atoms with Crippen LogP contribution in [0.15, 0.2) is 54.9 Å². The number of allylic oxidation sites excluding steroid dienone is 1. The molecule has 0 bridgehead atoms. The van der Waals surface area contributed by atoms with Crippen LogP contribution in [0.4, 0.5) is 5.82 Å². The van der Waals surface area contributed by atoms with Crippen molar-refractivity contribution in [2.24, 2.45) is 5.92 Å². The number of benzene rings is 1. The third-order valence-corrected chi connectivity index (χ3v) is 4.42. The average Bonchev–Trinajstić information content (AvgIpc) is 3.07. The molecule has 158 valence electrons. The van der Waals surface area contributed by atoms with Gasteiger partial charge in [-0.25, -0.2) is 9.50 Å². The van der Waals surface area contributed by atoms with Crippen LogP contribution in [0.5, 0.6) is 11.6 Å². The molecule has 3 aromatic rings. The fourth-order valence-electron chi connectivity index (χ4n) is 3.09. The summed E-state index contributed by atoms with van der Waals surface area (Å²) in [4.78, 5) is 15.8. The quantitative estimate of drug-likeness (QED) is 0.585. The normalized spacial score (nSPS) is 13.2. The zero-order valence-corrected chi connectivity index (χ0v) is 17.7. The second-order valence-corrected chi connectivity index (χ2v) is 7.06. The van der Waals surface area contributed by atoms with Gasteiger partial charge in [-0.3, -0.25) is 4.79 Å². The fraction of sp³-hybridized carbons (Fsp3) is 0.348. The van der Waals surface area contributed by atoms with Crippen molar-refractivity contribution in [1.82, 2.24) is 14.6 Å². The number of Topliss-reactive ketones (excluding diaryl/α,β-unsaturated/α-hetero) is 1. The first-order valence-corrected chi connectivity index (χ1v) is 10.2. The van der Waals surface area contributed by atoms with Crippen LogP contribution >= 0.6 is 0 Å². The first-order valence-electron chi connectivity index (χ1n) is 10.2. The van der Waals surface area contributed by atoms with Crippen LogP contribution in [0.25, 0.3) is 5.65 Å². The second-order valence-electron chi connectivity index (χ2n) is 7.06. The summed E-state index contributed by atoms with van der Waals surface area (Å²) in [5, 5.41) is 7.68. The number of aromatic nitrogens is 3. The van der Waals surface area contributed by atoms with E-state index in [0.29, 0.717) is 35.4 Å². The van der Waals surface area contributed by atoms with Crippen molar-refractivity contribution in [3.8, 4) is 11.6 Å².